The van der Waals surface area contributed by atoms with Gasteiger partial charge in [-0.2, -0.15) is 0 Å². The van der Waals surface area contributed by atoms with Gasteiger partial charge in [-0.05, 0) is 25.7 Å². The second-order valence-electron chi connectivity index (χ2n) is 21.9. The average Bonchev–Trinajstić information content (AvgIpc) is 0.782. The van der Waals surface area contributed by atoms with Crippen molar-refractivity contribution in [1.82, 2.24) is 0 Å². The van der Waals surface area contributed by atoms with Gasteiger partial charge < -0.3 is 4.90 Å². The summed E-state index contributed by atoms with van der Waals surface area (Å²) in [6.45, 7) is 7.42. The summed E-state index contributed by atoms with van der Waals surface area (Å²) in [4.78, 5) is 1.78. The molecule has 0 spiro atoms. The van der Waals surface area contributed by atoms with Crippen molar-refractivity contribution in [3.8, 4) is 0 Å². The van der Waals surface area contributed by atoms with Gasteiger partial charge >= 0.3 is 0 Å². The minimum atomic E-state index is -7.22. The highest BCUT2D eigenvalue weighted by Gasteiger charge is 2.52. The maximum Gasteiger partial charge on any atom is 0.200 e. The average molecular weight is 1220 g/mol. The lowest BCUT2D eigenvalue weighted by Gasteiger charge is -2.44. The van der Waals surface area contributed by atoms with Crippen LogP contribution in [0.1, 0.15) is 219 Å². The normalized spacial score (nSPS) is 11.9. The number of rotatable bonds is 38. The highest BCUT2D eigenvalue weighted by Crippen LogP contribution is 2.31. The minimum Gasteiger partial charge on any atom is -0.337 e. The minimum absolute atomic E-state index is 1.37. The topological polar surface area (TPSA) is 4.44 Å². The number of halogens is 20. The standard InChI is InChI=1S/C37H77N.C24BF20/c1-4-6-8-10-12-14-16-18-20-22-24-26-28-30-32-34-36-38(3)37-35-33-31-29-27-25-23-21-19-17-15-13-11-9-7-5-2;26-5-1(6(27)14(35)21(42)13(5)34)25(2-7(28)15(36)22(43)16(37)8(2)29,3-9(30)17(38)23(44)18(39)10(3)31)4-11(32)19(40)24(45)20(41)12(4)33/h4-37H2,1-3H3;/q;-1/p+1. The van der Waals surface area contributed by atoms with Crippen molar-refractivity contribution in [2.75, 3.05) is 20.1 Å². The van der Waals surface area contributed by atoms with Crippen LogP contribution in [0.4, 0.5) is 87.8 Å². The molecule has 83 heavy (non-hydrogen) atoms. The fraction of sp³-hybridized carbons (Fsp3) is 0.607. The second-order valence-corrected chi connectivity index (χ2v) is 21.9. The third-order valence-electron chi connectivity index (χ3n) is 15.6. The van der Waals surface area contributed by atoms with Crippen molar-refractivity contribution < 1.29 is 92.7 Å². The molecule has 0 aliphatic heterocycles. The molecule has 4 aromatic carbocycles. The lowest BCUT2D eigenvalue weighted by atomic mass is 9.12. The van der Waals surface area contributed by atoms with Gasteiger partial charge in [-0.15, -0.1) is 21.9 Å². The molecule has 4 rings (SSSR count). The van der Waals surface area contributed by atoms with Crippen LogP contribution in [0.5, 0.6) is 0 Å². The van der Waals surface area contributed by atoms with Crippen LogP contribution in [-0.4, -0.2) is 26.3 Å². The monoisotopic (exact) mass is 1220 g/mol. The Morgan fingerprint density at radius 2 is 0.313 bits per heavy atom. The summed E-state index contributed by atoms with van der Waals surface area (Å²) in [6.07, 6.45) is 39.8. The van der Waals surface area contributed by atoms with Crippen molar-refractivity contribution >= 4 is 28.0 Å². The van der Waals surface area contributed by atoms with E-state index in [0.717, 1.165) is 0 Å². The first-order valence-electron chi connectivity index (χ1n) is 29.6. The first-order valence-corrected chi connectivity index (χ1v) is 29.6. The Kier molecular flexibility index (Phi) is 32.6. The Morgan fingerprint density at radius 3 is 0.458 bits per heavy atom. The van der Waals surface area contributed by atoms with Crippen molar-refractivity contribution in [2.45, 2.75) is 219 Å². The van der Waals surface area contributed by atoms with Gasteiger partial charge in [0.25, 0.3) is 0 Å². The van der Waals surface area contributed by atoms with Gasteiger partial charge in [0.15, 0.2) is 69.8 Å². The summed E-state index contributed by atoms with van der Waals surface area (Å²) in [5, 5.41) is 0. The summed E-state index contributed by atoms with van der Waals surface area (Å²) in [5.41, 5.74) is -14.3. The van der Waals surface area contributed by atoms with Crippen LogP contribution in [0, 0.1) is 116 Å². The van der Waals surface area contributed by atoms with E-state index in [-0.39, 0.29) is 0 Å². The van der Waals surface area contributed by atoms with E-state index >= 15 is 35.1 Å². The Bertz CT molecular complexity index is 2210. The van der Waals surface area contributed by atoms with Crippen molar-refractivity contribution in [1.29, 1.82) is 0 Å². The van der Waals surface area contributed by atoms with Crippen LogP contribution in [0.3, 0.4) is 0 Å². The molecule has 1 N–H and O–H groups in total. The number of hydrogen-bond acceptors (Lipinski definition) is 0. The van der Waals surface area contributed by atoms with Crippen LogP contribution >= 0.6 is 0 Å². The zero-order valence-corrected chi connectivity index (χ0v) is 47.7. The highest BCUT2D eigenvalue weighted by molar-refractivity contribution is 7.20. The molecule has 0 radical (unpaired) electrons. The summed E-state index contributed by atoms with van der Waals surface area (Å²) in [6, 6.07) is 0. The van der Waals surface area contributed by atoms with Gasteiger partial charge in [-0.1, -0.05) is 194 Å². The number of benzene rings is 4. The molecular weight excluding hydrogens is 1140 g/mol. The zero-order valence-electron chi connectivity index (χ0n) is 47.7. The number of quaternary nitrogens is 1. The smallest absolute Gasteiger partial charge is 0.200 e. The molecule has 0 aromatic heterocycles. The number of unbranched alkanes of at least 4 members (excludes halogenated alkanes) is 30. The zero-order chi connectivity index (χ0) is 62.0. The number of hydrogen-bond donors (Lipinski definition) is 1. The third kappa shape index (κ3) is 19.2. The Balaban J connectivity index is 0.000000443. The van der Waals surface area contributed by atoms with Crippen LogP contribution in [0.15, 0.2) is 0 Å². The summed E-state index contributed by atoms with van der Waals surface area (Å²) < 4.78 is 294. The van der Waals surface area contributed by atoms with Gasteiger partial charge in [0.1, 0.15) is 52.7 Å². The maximum atomic E-state index is 15.4. The van der Waals surface area contributed by atoms with E-state index in [1.54, 1.807) is 4.90 Å². The predicted molar refractivity (Wildman–Crippen MR) is 285 cm³/mol. The quantitative estimate of drug-likeness (QED) is 0.0150. The van der Waals surface area contributed by atoms with Crippen LogP contribution in [-0.2, 0) is 0 Å². The SMILES string of the molecule is CCCCCCCCCCCCCCCCCC[NH+](C)CCCCCCCCCCCCCCCCCC.Fc1c(F)c(F)c([B-](c2c(F)c(F)c(F)c(F)c2F)(c2c(F)c(F)c(F)c(F)c2F)c2c(F)c(F)c(F)c(F)c2F)c(F)c1F. The molecule has 1 nitrogen and oxygen atoms in total. The Hall–Kier alpha value is -4.50. The van der Waals surface area contributed by atoms with E-state index in [4.69, 9.17) is 0 Å². The first kappa shape index (κ1) is 72.8. The molecule has 0 unspecified atom stereocenters. The van der Waals surface area contributed by atoms with Crippen molar-refractivity contribution in [3.05, 3.63) is 116 Å². The van der Waals surface area contributed by atoms with Crippen molar-refractivity contribution in [3.63, 3.8) is 0 Å². The molecule has 4 aromatic rings. The Morgan fingerprint density at radius 1 is 0.193 bits per heavy atom. The van der Waals surface area contributed by atoms with Gasteiger partial charge in [0, 0.05) is 0 Å². The van der Waals surface area contributed by atoms with E-state index in [1.807, 2.05) is 0 Å². The largest absolute Gasteiger partial charge is 0.337 e. The third-order valence-corrected chi connectivity index (χ3v) is 15.6. The molecule has 0 amide bonds. The maximum absolute atomic E-state index is 15.4. The summed E-state index contributed by atoms with van der Waals surface area (Å²) in [5.74, 6) is -71.4. The van der Waals surface area contributed by atoms with Gasteiger partial charge in [0.05, 0.1) is 20.1 Å². The van der Waals surface area contributed by atoms with Gasteiger partial charge in [-0.3, -0.25) is 0 Å². The molecular formula is C61H78BF20N. The molecule has 0 aliphatic carbocycles. The van der Waals surface area contributed by atoms with Crippen LogP contribution in [0.25, 0.3) is 0 Å². The van der Waals surface area contributed by atoms with E-state index in [2.05, 4.69) is 20.9 Å². The molecule has 22 heteroatoms. The Labute approximate surface area is 475 Å². The number of nitrogens with one attached hydrogen (secondary N) is 1. The highest BCUT2D eigenvalue weighted by atomic mass is 19.2. The fourth-order valence-electron chi connectivity index (χ4n) is 10.9. The summed E-state index contributed by atoms with van der Waals surface area (Å²) in [7, 11) is 2.43. The second kappa shape index (κ2) is 37.1. The summed E-state index contributed by atoms with van der Waals surface area (Å²) >= 11 is 0. The first-order chi connectivity index (χ1) is 39.5. The van der Waals surface area contributed by atoms with Crippen LogP contribution < -0.4 is 26.8 Å². The van der Waals surface area contributed by atoms with E-state index in [0.29, 0.717) is 0 Å². The van der Waals surface area contributed by atoms with Gasteiger partial charge in [-0.25, -0.2) is 87.8 Å². The lowest BCUT2D eigenvalue weighted by Crippen LogP contribution is -3.09. The van der Waals surface area contributed by atoms with E-state index in [9.17, 15) is 52.7 Å². The molecule has 0 saturated heterocycles. The predicted octanol–water partition coefficient (Wildman–Crippen LogP) is 17.9. The molecule has 0 fully saturated rings. The molecule has 0 aliphatic rings. The molecule has 0 saturated carbocycles. The van der Waals surface area contributed by atoms with Gasteiger partial charge in [0.2, 0.25) is 0 Å². The lowest BCUT2D eigenvalue weighted by molar-refractivity contribution is -0.880. The van der Waals surface area contributed by atoms with E-state index < -0.39 is 144 Å². The molecule has 470 valence electrons. The molecule has 0 heterocycles. The van der Waals surface area contributed by atoms with E-state index in [1.165, 1.54) is 219 Å². The van der Waals surface area contributed by atoms with Crippen LogP contribution in [0.2, 0.25) is 0 Å². The molecule has 0 atom stereocenters. The fourth-order valence-corrected chi connectivity index (χ4v) is 10.9. The van der Waals surface area contributed by atoms with Crippen molar-refractivity contribution in [2.24, 2.45) is 0 Å². The molecule has 0 bridgehead atoms.